The van der Waals surface area contributed by atoms with Crippen molar-refractivity contribution in [1.82, 2.24) is 9.88 Å². The average Bonchev–Trinajstić information content (AvgIpc) is 2.90. The number of aromatic nitrogens is 1. The van der Waals surface area contributed by atoms with E-state index in [9.17, 15) is 9.59 Å². The van der Waals surface area contributed by atoms with Crippen LogP contribution in [0.1, 0.15) is 50.7 Å². The molecule has 0 unspecified atom stereocenters. The summed E-state index contributed by atoms with van der Waals surface area (Å²) < 4.78 is 5.85. The molecule has 0 aliphatic carbocycles. The maximum atomic E-state index is 12.7. The summed E-state index contributed by atoms with van der Waals surface area (Å²) in [5.74, 6) is 0.00243. The Bertz CT molecular complexity index is 780. The summed E-state index contributed by atoms with van der Waals surface area (Å²) >= 11 is 0. The summed E-state index contributed by atoms with van der Waals surface area (Å²) in [5, 5.41) is 0. The Kier molecular flexibility index (Phi) is 5.16. The molecule has 0 amide bonds. The third-order valence-electron chi connectivity index (χ3n) is 4.76. The first kappa shape index (κ1) is 17.6. The SMILES string of the molecule is CC(=O)c1c(C)[nH]c(C(=O)CN2CCO[C@H](c3ccccc3)C2)c1C. The number of hydrogen-bond donors (Lipinski definition) is 1. The van der Waals surface area contributed by atoms with Crippen LogP contribution in [0.3, 0.4) is 0 Å². The summed E-state index contributed by atoms with van der Waals surface area (Å²) in [6.45, 7) is 7.55. The molecule has 1 aromatic heterocycles. The Morgan fingerprint density at radius 3 is 2.60 bits per heavy atom. The fourth-order valence-corrected chi connectivity index (χ4v) is 3.55. The van der Waals surface area contributed by atoms with E-state index in [1.807, 2.05) is 44.2 Å². The molecule has 0 spiro atoms. The molecular weight excluding hydrogens is 316 g/mol. The van der Waals surface area contributed by atoms with E-state index >= 15 is 0 Å². The molecule has 1 aliphatic rings. The molecule has 1 aliphatic heterocycles. The van der Waals surface area contributed by atoms with Gasteiger partial charge in [0.2, 0.25) is 0 Å². The van der Waals surface area contributed by atoms with Crippen LogP contribution in [0.4, 0.5) is 0 Å². The lowest BCUT2D eigenvalue weighted by Crippen LogP contribution is -2.41. The standard InChI is InChI=1S/C20H24N2O3/c1-13-19(15(3)23)14(2)21-20(13)17(24)11-22-9-10-25-18(12-22)16-7-5-4-6-8-16/h4-8,18,21H,9-12H2,1-3H3/t18-/m0/s1. The number of carbonyl (C=O) groups excluding carboxylic acids is 2. The van der Waals surface area contributed by atoms with Crippen LogP contribution in [0.5, 0.6) is 0 Å². The number of ketones is 2. The summed E-state index contributed by atoms with van der Waals surface area (Å²) in [7, 11) is 0. The highest BCUT2D eigenvalue weighted by molar-refractivity contribution is 6.03. The van der Waals surface area contributed by atoms with Crippen LogP contribution >= 0.6 is 0 Å². The topological polar surface area (TPSA) is 62.4 Å². The number of hydrogen-bond acceptors (Lipinski definition) is 4. The number of Topliss-reactive ketones (excluding diaryl/α,β-unsaturated/α-hetero) is 2. The lowest BCUT2D eigenvalue weighted by molar-refractivity contribution is -0.0275. The van der Waals surface area contributed by atoms with Gasteiger partial charge in [-0.25, -0.2) is 0 Å². The zero-order chi connectivity index (χ0) is 18.0. The van der Waals surface area contributed by atoms with Crippen LogP contribution in [0, 0.1) is 13.8 Å². The smallest absolute Gasteiger partial charge is 0.193 e. The number of nitrogens with one attached hydrogen (secondary N) is 1. The molecule has 1 aromatic carbocycles. The number of carbonyl (C=O) groups is 2. The van der Waals surface area contributed by atoms with Gasteiger partial charge >= 0.3 is 0 Å². The fourth-order valence-electron chi connectivity index (χ4n) is 3.55. The van der Waals surface area contributed by atoms with Gasteiger partial charge in [-0.3, -0.25) is 14.5 Å². The number of nitrogens with zero attached hydrogens (tertiary/aromatic N) is 1. The maximum Gasteiger partial charge on any atom is 0.193 e. The van der Waals surface area contributed by atoms with Crippen molar-refractivity contribution < 1.29 is 14.3 Å². The van der Waals surface area contributed by atoms with Crippen LogP contribution in [-0.4, -0.2) is 47.7 Å². The number of benzene rings is 1. The van der Waals surface area contributed by atoms with Gasteiger partial charge < -0.3 is 9.72 Å². The van der Waals surface area contributed by atoms with Gasteiger partial charge in [0.1, 0.15) is 0 Å². The summed E-state index contributed by atoms with van der Waals surface area (Å²) in [6, 6.07) is 10.1. The van der Waals surface area contributed by atoms with Crippen molar-refractivity contribution in [2.75, 3.05) is 26.2 Å². The quantitative estimate of drug-likeness (QED) is 0.850. The Labute approximate surface area is 148 Å². The van der Waals surface area contributed by atoms with Gasteiger partial charge in [0.05, 0.1) is 24.9 Å². The molecule has 5 heteroatoms. The molecule has 2 heterocycles. The van der Waals surface area contributed by atoms with Crippen molar-refractivity contribution in [3.8, 4) is 0 Å². The van der Waals surface area contributed by atoms with Gasteiger partial charge in [0.15, 0.2) is 11.6 Å². The second kappa shape index (κ2) is 7.33. The minimum Gasteiger partial charge on any atom is -0.371 e. The zero-order valence-corrected chi connectivity index (χ0v) is 15.0. The molecule has 1 fully saturated rings. The highest BCUT2D eigenvalue weighted by Crippen LogP contribution is 2.23. The molecule has 0 bridgehead atoms. The molecule has 0 radical (unpaired) electrons. The van der Waals surface area contributed by atoms with Crippen LogP contribution in [0.15, 0.2) is 30.3 Å². The Hall–Kier alpha value is -2.24. The lowest BCUT2D eigenvalue weighted by atomic mass is 10.0. The first-order chi connectivity index (χ1) is 12.0. The highest BCUT2D eigenvalue weighted by atomic mass is 16.5. The van der Waals surface area contributed by atoms with Crippen molar-refractivity contribution in [2.24, 2.45) is 0 Å². The van der Waals surface area contributed by atoms with Crippen LogP contribution in [0.2, 0.25) is 0 Å². The average molecular weight is 340 g/mol. The van der Waals surface area contributed by atoms with Crippen molar-refractivity contribution in [3.05, 3.63) is 58.4 Å². The minimum atomic E-state index is -0.0131. The summed E-state index contributed by atoms with van der Waals surface area (Å²) in [6.07, 6.45) is -0.0120. The zero-order valence-electron chi connectivity index (χ0n) is 15.0. The van der Waals surface area contributed by atoms with E-state index in [0.29, 0.717) is 31.0 Å². The van der Waals surface area contributed by atoms with Gasteiger partial charge in [0.25, 0.3) is 0 Å². The van der Waals surface area contributed by atoms with Crippen molar-refractivity contribution in [1.29, 1.82) is 0 Å². The van der Waals surface area contributed by atoms with E-state index in [1.165, 1.54) is 6.92 Å². The van der Waals surface area contributed by atoms with Crippen LogP contribution in [-0.2, 0) is 4.74 Å². The monoisotopic (exact) mass is 340 g/mol. The fraction of sp³-hybridized carbons (Fsp3) is 0.400. The molecule has 132 valence electrons. The minimum absolute atomic E-state index is 0.0120. The normalized spacial score (nSPS) is 18.3. The van der Waals surface area contributed by atoms with E-state index in [4.69, 9.17) is 4.74 Å². The van der Waals surface area contributed by atoms with E-state index in [1.54, 1.807) is 0 Å². The third-order valence-corrected chi connectivity index (χ3v) is 4.76. The second-order valence-corrected chi connectivity index (χ2v) is 6.61. The molecule has 3 rings (SSSR count). The molecular formula is C20H24N2O3. The number of aryl methyl sites for hydroxylation is 1. The van der Waals surface area contributed by atoms with E-state index < -0.39 is 0 Å². The van der Waals surface area contributed by atoms with Gasteiger partial charge in [-0.1, -0.05) is 30.3 Å². The highest BCUT2D eigenvalue weighted by Gasteiger charge is 2.26. The van der Waals surface area contributed by atoms with E-state index in [-0.39, 0.29) is 17.7 Å². The van der Waals surface area contributed by atoms with Crippen molar-refractivity contribution in [3.63, 3.8) is 0 Å². The molecule has 0 saturated carbocycles. The Morgan fingerprint density at radius 1 is 1.24 bits per heavy atom. The molecule has 1 atom stereocenters. The summed E-state index contributed by atoms with van der Waals surface area (Å²) in [5.41, 5.74) is 3.82. The van der Waals surface area contributed by atoms with Crippen molar-refractivity contribution >= 4 is 11.6 Å². The Balaban J connectivity index is 1.71. The van der Waals surface area contributed by atoms with Crippen LogP contribution < -0.4 is 0 Å². The predicted octanol–water partition coefficient (Wildman–Crippen LogP) is 3.09. The lowest BCUT2D eigenvalue weighted by Gasteiger charge is -2.32. The molecule has 1 N–H and O–H groups in total. The van der Waals surface area contributed by atoms with Gasteiger partial charge in [0, 0.05) is 24.3 Å². The first-order valence-electron chi connectivity index (χ1n) is 8.59. The number of morpholine rings is 1. The molecule has 25 heavy (non-hydrogen) atoms. The van der Waals surface area contributed by atoms with Crippen LogP contribution in [0.25, 0.3) is 0 Å². The van der Waals surface area contributed by atoms with E-state index in [0.717, 1.165) is 23.4 Å². The van der Waals surface area contributed by atoms with Gasteiger partial charge in [-0.2, -0.15) is 0 Å². The number of aromatic amines is 1. The number of H-pyrrole nitrogens is 1. The third kappa shape index (κ3) is 3.72. The molecule has 1 saturated heterocycles. The largest absolute Gasteiger partial charge is 0.371 e. The van der Waals surface area contributed by atoms with Gasteiger partial charge in [-0.05, 0) is 31.9 Å². The Morgan fingerprint density at radius 2 is 1.96 bits per heavy atom. The van der Waals surface area contributed by atoms with Crippen molar-refractivity contribution in [2.45, 2.75) is 26.9 Å². The second-order valence-electron chi connectivity index (χ2n) is 6.61. The van der Waals surface area contributed by atoms with Gasteiger partial charge in [-0.15, -0.1) is 0 Å². The van der Waals surface area contributed by atoms with E-state index in [2.05, 4.69) is 9.88 Å². The number of ether oxygens (including phenoxy) is 1. The predicted molar refractivity (Wildman–Crippen MR) is 96.2 cm³/mol. The summed E-state index contributed by atoms with van der Waals surface area (Å²) in [4.78, 5) is 29.7. The molecule has 5 nitrogen and oxygen atoms in total. The number of rotatable bonds is 5. The molecule has 2 aromatic rings. The first-order valence-corrected chi connectivity index (χ1v) is 8.59. The maximum absolute atomic E-state index is 12.7.